The molecule has 2 aromatic carbocycles. The molecule has 0 saturated carbocycles. The molecule has 1 amide bonds. The molecule has 174 valence electrons. The second kappa shape index (κ2) is 8.54. The fourth-order valence-electron chi connectivity index (χ4n) is 4.09. The van der Waals surface area contributed by atoms with Crippen LogP contribution in [0.4, 0.5) is 0 Å². The zero-order chi connectivity index (χ0) is 23.9. The van der Waals surface area contributed by atoms with E-state index in [1.807, 2.05) is 6.07 Å². The Morgan fingerprint density at radius 3 is 2.38 bits per heavy atom. The number of rotatable bonds is 4. The van der Waals surface area contributed by atoms with Gasteiger partial charge in [0.1, 0.15) is 0 Å². The Bertz CT molecular complexity index is 1530. The molecule has 1 N–H and O–H groups in total. The second-order valence-corrected chi connectivity index (χ2v) is 10.1. The Hall–Kier alpha value is -3.76. The molecule has 4 aromatic rings. The SMILES string of the molecule is Cn1nc(-c2ccc(C(=O)N3CCN(S(=O)(=O)c4ccc5cc[nH]c5c4)CC3)cc2)ccc1=O. The Morgan fingerprint density at radius 1 is 0.941 bits per heavy atom. The van der Waals surface area contributed by atoms with Crippen molar-refractivity contribution in [3.63, 3.8) is 0 Å². The monoisotopic (exact) mass is 477 g/mol. The maximum Gasteiger partial charge on any atom is 0.266 e. The average Bonchev–Trinajstić information content (AvgIpc) is 3.34. The van der Waals surface area contributed by atoms with E-state index in [0.717, 1.165) is 16.5 Å². The van der Waals surface area contributed by atoms with Crippen molar-refractivity contribution in [2.24, 2.45) is 7.05 Å². The van der Waals surface area contributed by atoms with Crippen molar-refractivity contribution in [1.82, 2.24) is 24.0 Å². The minimum atomic E-state index is -3.64. The molecular weight excluding hydrogens is 454 g/mol. The third-order valence-electron chi connectivity index (χ3n) is 6.08. The van der Waals surface area contributed by atoms with E-state index >= 15 is 0 Å². The van der Waals surface area contributed by atoms with E-state index in [0.29, 0.717) is 24.3 Å². The zero-order valence-corrected chi connectivity index (χ0v) is 19.3. The van der Waals surface area contributed by atoms with Gasteiger partial charge in [0.25, 0.3) is 11.5 Å². The number of aryl methyl sites for hydroxylation is 1. The van der Waals surface area contributed by atoms with Crippen molar-refractivity contribution in [3.05, 3.63) is 82.8 Å². The molecule has 2 aromatic heterocycles. The molecule has 1 saturated heterocycles. The summed E-state index contributed by atoms with van der Waals surface area (Å²) in [5.74, 6) is -0.148. The quantitative estimate of drug-likeness (QED) is 0.484. The molecular formula is C24H23N5O4S. The Morgan fingerprint density at radius 2 is 1.68 bits per heavy atom. The predicted molar refractivity (Wildman–Crippen MR) is 128 cm³/mol. The normalized spacial score (nSPS) is 15.0. The number of benzene rings is 2. The third kappa shape index (κ3) is 4.02. The average molecular weight is 478 g/mol. The number of nitrogens with one attached hydrogen (secondary N) is 1. The van der Waals surface area contributed by atoms with Crippen LogP contribution >= 0.6 is 0 Å². The van der Waals surface area contributed by atoms with Crippen molar-refractivity contribution in [1.29, 1.82) is 0 Å². The molecule has 0 atom stereocenters. The van der Waals surface area contributed by atoms with Gasteiger partial charge in [0.15, 0.2) is 0 Å². The number of hydrogen-bond acceptors (Lipinski definition) is 5. The van der Waals surface area contributed by atoms with E-state index < -0.39 is 10.0 Å². The highest BCUT2D eigenvalue weighted by atomic mass is 32.2. The zero-order valence-electron chi connectivity index (χ0n) is 18.5. The first-order valence-electron chi connectivity index (χ1n) is 10.8. The summed E-state index contributed by atoms with van der Waals surface area (Å²) in [5.41, 5.74) is 2.52. The number of H-pyrrole nitrogens is 1. The number of nitrogens with zero attached hydrogens (tertiary/aromatic N) is 4. The lowest BCUT2D eigenvalue weighted by Crippen LogP contribution is -2.50. The highest BCUT2D eigenvalue weighted by Gasteiger charge is 2.30. The van der Waals surface area contributed by atoms with E-state index in [1.54, 1.807) is 66.7 Å². The number of piperazine rings is 1. The van der Waals surface area contributed by atoms with Crippen LogP contribution in [0, 0.1) is 0 Å². The van der Waals surface area contributed by atoms with Gasteiger partial charge >= 0.3 is 0 Å². The summed E-state index contributed by atoms with van der Waals surface area (Å²) in [5, 5.41) is 5.17. The lowest BCUT2D eigenvalue weighted by atomic mass is 10.1. The standard InChI is InChI=1S/C24H23N5O4S/c1-27-23(30)9-8-21(26-27)17-2-4-19(5-3-17)24(31)28-12-14-29(15-13-28)34(32,33)20-7-6-18-10-11-25-22(18)16-20/h2-11,16,25H,12-15H2,1H3. The van der Waals surface area contributed by atoms with Crippen LogP contribution in [-0.2, 0) is 17.1 Å². The Kier molecular flexibility index (Phi) is 5.54. The van der Waals surface area contributed by atoms with E-state index in [2.05, 4.69) is 10.1 Å². The molecule has 9 nitrogen and oxygen atoms in total. The van der Waals surface area contributed by atoms with Crippen molar-refractivity contribution < 1.29 is 13.2 Å². The molecule has 10 heteroatoms. The molecule has 34 heavy (non-hydrogen) atoms. The smallest absolute Gasteiger partial charge is 0.266 e. The van der Waals surface area contributed by atoms with Crippen LogP contribution in [0.5, 0.6) is 0 Å². The first-order chi connectivity index (χ1) is 16.3. The van der Waals surface area contributed by atoms with Crippen molar-refractivity contribution in [2.75, 3.05) is 26.2 Å². The van der Waals surface area contributed by atoms with E-state index in [-0.39, 0.29) is 29.5 Å². The van der Waals surface area contributed by atoms with Gasteiger partial charge in [-0.3, -0.25) is 9.59 Å². The Labute approximate surface area is 196 Å². The maximum absolute atomic E-state index is 13.1. The highest BCUT2D eigenvalue weighted by molar-refractivity contribution is 7.89. The lowest BCUT2D eigenvalue weighted by Gasteiger charge is -2.34. The number of hydrogen-bond donors (Lipinski definition) is 1. The van der Waals surface area contributed by atoms with Gasteiger partial charge in [0.05, 0.1) is 10.6 Å². The molecule has 1 aliphatic rings. The van der Waals surface area contributed by atoms with Gasteiger partial charge in [-0.25, -0.2) is 13.1 Å². The molecule has 3 heterocycles. The molecule has 1 fully saturated rings. The molecule has 0 unspecified atom stereocenters. The summed E-state index contributed by atoms with van der Waals surface area (Å²) in [4.78, 5) is 29.5. The molecule has 0 spiro atoms. The second-order valence-electron chi connectivity index (χ2n) is 8.18. The van der Waals surface area contributed by atoms with Crippen LogP contribution in [0.3, 0.4) is 0 Å². The van der Waals surface area contributed by atoms with E-state index in [9.17, 15) is 18.0 Å². The van der Waals surface area contributed by atoms with Gasteiger partial charge in [-0.05, 0) is 41.8 Å². The van der Waals surface area contributed by atoms with Crippen LogP contribution in [0.2, 0.25) is 0 Å². The minimum Gasteiger partial charge on any atom is -0.361 e. The van der Waals surface area contributed by atoms with Gasteiger partial charge in [-0.2, -0.15) is 9.40 Å². The third-order valence-corrected chi connectivity index (χ3v) is 7.97. The predicted octanol–water partition coefficient (Wildman–Crippen LogP) is 2.08. The number of carbonyl (C=O) groups is 1. The maximum atomic E-state index is 13.1. The number of aromatic amines is 1. The first kappa shape index (κ1) is 22.1. The lowest BCUT2D eigenvalue weighted by molar-refractivity contribution is 0.0698. The topological polar surface area (TPSA) is 108 Å². The summed E-state index contributed by atoms with van der Waals surface area (Å²) in [6.07, 6.45) is 1.77. The van der Waals surface area contributed by atoms with Crippen LogP contribution in [0.25, 0.3) is 22.2 Å². The summed E-state index contributed by atoms with van der Waals surface area (Å²) in [7, 11) is -2.06. The molecule has 0 radical (unpaired) electrons. The van der Waals surface area contributed by atoms with Crippen molar-refractivity contribution in [2.45, 2.75) is 4.90 Å². The Balaban J connectivity index is 1.26. The van der Waals surface area contributed by atoms with Gasteiger partial charge in [-0.15, -0.1) is 0 Å². The number of aromatic nitrogens is 3. The number of sulfonamides is 1. The first-order valence-corrected chi connectivity index (χ1v) is 12.3. The fourth-order valence-corrected chi connectivity index (χ4v) is 5.54. The molecule has 5 rings (SSSR count). The van der Waals surface area contributed by atoms with Crippen LogP contribution in [-0.4, -0.2) is 64.5 Å². The van der Waals surface area contributed by atoms with E-state index in [1.165, 1.54) is 15.1 Å². The van der Waals surface area contributed by atoms with Crippen LogP contribution in [0.1, 0.15) is 10.4 Å². The van der Waals surface area contributed by atoms with Gasteiger partial charge in [0, 0.05) is 62.1 Å². The van der Waals surface area contributed by atoms with Crippen molar-refractivity contribution >= 4 is 26.8 Å². The van der Waals surface area contributed by atoms with Gasteiger partial charge in [0.2, 0.25) is 10.0 Å². The molecule has 1 aliphatic heterocycles. The van der Waals surface area contributed by atoms with Crippen LogP contribution in [0.15, 0.2) is 76.6 Å². The van der Waals surface area contributed by atoms with E-state index in [4.69, 9.17) is 0 Å². The highest BCUT2D eigenvalue weighted by Crippen LogP contribution is 2.23. The van der Waals surface area contributed by atoms with Crippen molar-refractivity contribution in [3.8, 4) is 11.3 Å². The number of amides is 1. The largest absolute Gasteiger partial charge is 0.361 e. The van der Waals surface area contributed by atoms with Gasteiger partial charge < -0.3 is 9.88 Å². The molecule has 0 bridgehead atoms. The summed E-state index contributed by atoms with van der Waals surface area (Å²) >= 11 is 0. The molecule has 0 aliphatic carbocycles. The summed E-state index contributed by atoms with van der Waals surface area (Å²) in [6, 6.07) is 17.0. The fraction of sp³-hybridized carbons (Fsp3) is 0.208. The summed E-state index contributed by atoms with van der Waals surface area (Å²) < 4.78 is 28.9. The minimum absolute atomic E-state index is 0.148. The number of fused-ring (bicyclic) bond motifs is 1. The summed E-state index contributed by atoms with van der Waals surface area (Å²) in [6.45, 7) is 1.09. The van der Waals surface area contributed by atoms with Gasteiger partial charge in [-0.1, -0.05) is 18.2 Å². The van der Waals surface area contributed by atoms with Crippen LogP contribution < -0.4 is 5.56 Å². The number of carbonyl (C=O) groups excluding carboxylic acids is 1.